The molecule has 0 aliphatic heterocycles. The molecule has 0 radical (unpaired) electrons. The van der Waals surface area contributed by atoms with Crippen LogP contribution in [0.1, 0.15) is 24.0 Å². The Bertz CT molecular complexity index is 277. The fourth-order valence-electron chi connectivity index (χ4n) is 1.49. The molecule has 0 atom stereocenters. The zero-order chi connectivity index (χ0) is 9.80. The zero-order valence-electron chi connectivity index (χ0n) is 8.30. The lowest BCUT2D eigenvalue weighted by molar-refractivity contribution is 0.638. The lowest BCUT2D eigenvalue weighted by Gasteiger charge is -2.04. The Morgan fingerprint density at radius 1 is 1.14 bits per heavy atom. The number of hydrogen-bond donors (Lipinski definition) is 1. The Morgan fingerprint density at radius 2 is 1.79 bits per heavy atom. The first-order valence-electron chi connectivity index (χ1n) is 5.23. The molecule has 0 heterocycles. The average Bonchev–Trinajstić information content (AvgIpc) is 3.03. The Labute approximate surface area is 90.5 Å². The summed E-state index contributed by atoms with van der Waals surface area (Å²) in [6, 6.07) is 8.50. The van der Waals surface area contributed by atoms with Crippen LogP contribution in [0.5, 0.6) is 0 Å². The Hall–Kier alpha value is -0.530. The standard InChI is InChI=1S/C12H16ClN/c13-7-10-1-3-11(4-2-10)8-14-9-12-5-6-12/h1-4,12,14H,5-9H2. The summed E-state index contributed by atoms with van der Waals surface area (Å²) in [4.78, 5) is 0. The Kier molecular flexibility index (Phi) is 3.44. The summed E-state index contributed by atoms with van der Waals surface area (Å²) in [5.74, 6) is 1.56. The van der Waals surface area contributed by atoms with Crippen molar-refractivity contribution in [1.29, 1.82) is 0 Å². The van der Waals surface area contributed by atoms with Gasteiger partial charge in [0.05, 0.1) is 0 Å². The van der Waals surface area contributed by atoms with Crippen molar-refractivity contribution >= 4 is 11.6 Å². The summed E-state index contributed by atoms with van der Waals surface area (Å²) in [5.41, 5.74) is 2.54. The minimum atomic E-state index is 0.607. The van der Waals surface area contributed by atoms with Crippen molar-refractivity contribution < 1.29 is 0 Å². The minimum Gasteiger partial charge on any atom is -0.312 e. The third-order valence-electron chi connectivity index (χ3n) is 2.64. The summed E-state index contributed by atoms with van der Waals surface area (Å²) in [6.45, 7) is 2.16. The largest absolute Gasteiger partial charge is 0.312 e. The van der Waals surface area contributed by atoms with E-state index in [1.165, 1.54) is 30.5 Å². The van der Waals surface area contributed by atoms with E-state index in [-0.39, 0.29) is 0 Å². The van der Waals surface area contributed by atoms with E-state index in [1.54, 1.807) is 0 Å². The molecule has 0 unspecified atom stereocenters. The molecule has 2 rings (SSSR count). The minimum absolute atomic E-state index is 0.607. The summed E-state index contributed by atoms with van der Waals surface area (Å²) in [5, 5.41) is 3.47. The van der Waals surface area contributed by atoms with Gasteiger partial charge in [0, 0.05) is 12.4 Å². The molecule has 76 valence electrons. The average molecular weight is 210 g/mol. The molecule has 1 saturated carbocycles. The molecular formula is C12H16ClN. The fraction of sp³-hybridized carbons (Fsp3) is 0.500. The van der Waals surface area contributed by atoms with Gasteiger partial charge in [-0.2, -0.15) is 0 Å². The number of nitrogens with one attached hydrogen (secondary N) is 1. The monoisotopic (exact) mass is 209 g/mol. The van der Waals surface area contributed by atoms with Gasteiger partial charge >= 0.3 is 0 Å². The van der Waals surface area contributed by atoms with Gasteiger partial charge in [0.1, 0.15) is 0 Å². The second-order valence-electron chi connectivity index (χ2n) is 4.02. The highest BCUT2D eigenvalue weighted by atomic mass is 35.5. The van der Waals surface area contributed by atoms with Gasteiger partial charge in [-0.1, -0.05) is 24.3 Å². The van der Waals surface area contributed by atoms with Gasteiger partial charge in [0.15, 0.2) is 0 Å². The number of hydrogen-bond acceptors (Lipinski definition) is 1. The molecule has 1 aliphatic carbocycles. The highest BCUT2D eigenvalue weighted by molar-refractivity contribution is 6.17. The van der Waals surface area contributed by atoms with Crippen molar-refractivity contribution in [1.82, 2.24) is 5.32 Å². The van der Waals surface area contributed by atoms with Crippen LogP contribution in [-0.2, 0) is 12.4 Å². The van der Waals surface area contributed by atoms with E-state index in [0.29, 0.717) is 5.88 Å². The van der Waals surface area contributed by atoms with Crippen molar-refractivity contribution in [3.05, 3.63) is 35.4 Å². The van der Waals surface area contributed by atoms with E-state index in [0.717, 1.165) is 12.5 Å². The van der Waals surface area contributed by atoms with Crippen LogP contribution in [0.25, 0.3) is 0 Å². The normalized spacial score (nSPS) is 15.8. The highest BCUT2D eigenvalue weighted by Gasteiger charge is 2.19. The topological polar surface area (TPSA) is 12.0 Å². The number of rotatable bonds is 5. The zero-order valence-corrected chi connectivity index (χ0v) is 9.06. The predicted octanol–water partition coefficient (Wildman–Crippen LogP) is 2.93. The maximum absolute atomic E-state index is 5.72. The summed E-state index contributed by atoms with van der Waals surface area (Å²) >= 11 is 5.72. The van der Waals surface area contributed by atoms with Crippen molar-refractivity contribution in [2.75, 3.05) is 6.54 Å². The predicted molar refractivity (Wildman–Crippen MR) is 60.4 cm³/mol. The van der Waals surface area contributed by atoms with Crippen LogP contribution < -0.4 is 5.32 Å². The molecule has 14 heavy (non-hydrogen) atoms. The first-order chi connectivity index (χ1) is 6.88. The van der Waals surface area contributed by atoms with Gasteiger partial charge in [-0.05, 0) is 36.4 Å². The van der Waals surface area contributed by atoms with Gasteiger partial charge < -0.3 is 5.32 Å². The molecule has 1 aromatic rings. The van der Waals surface area contributed by atoms with Crippen molar-refractivity contribution in [3.63, 3.8) is 0 Å². The lowest BCUT2D eigenvalue weighted by Crippen LogP contribution is -2.15. The van der Waals surface area contributed by atoms with E-state index in [9.17, 15) is 0 Å². The number of benzene rings is 1. The molecule has 2 heteroatoms. The van der Waals surface area contributed by atoms with Crippen LogP contribution in [0, 0.1) is 5.92 Å². The number of alkyl halides is 1. The molecule has 1 aliphatic rings. The molecule has 0 spiro atoms. The van der Waals surface area contributed by atoms with E-state index >= 15 is 0 Å². The third kappa shape index (κ3) is 3.00. The van der Waals surface area contributed by atoms with Gasteiger partial charge in [-0.15, -0.1) is 11.6 Å². The van der Waals surface area contributed by atoms with Gasteiger partial charge in [-0.3, -0.25) is 0 Å². The van der Waals surface area contributed by atoms with E-state index in [1.807, 2.05) is 0 Å². The van der Waals surface area contributed by atoms with Crippen LogP contribution in [0.3, 0.4) is 0 Å². The molecule has 0 saturated heterocycles. The first kappa shape index (κ1) is 10.0. The molecule has 1 N–H and O–H groups in total. The summed E-state index contributed by atoms with van der Waals surface area (Å²) in [6.07, 6.45) is 2.83. The van der Waals surface area contributed by atoms with Crippen LogP contribution >= 0.6 is 11.6 Å². The quantitative estimate of drug-likeness (QED) is 0.736. The van der Waals surface area contributed by atoms with Gasteiger partial charge in [0.2, 0.25) is 0 Å². The molecule has 1 aromatic carbocycles. The molecular weight excluding hydrogens is 194 g/mol. The Balaban J connectivity index is 1.77. The maximum Gasteiger partial charge on any atom is 0.0474 e. The molecule has 0 bridgehead atoms. The fourth-order valence-corrected chi connectivity index (χ4v) is 1.67. The first-order valence-corrected chi connectivity index (χ1v) is 5.76. The molecule has 1 fully saturated rings. The number of halogens is 1. The molecule has 0 aromatic heterocycles. The maximum atomic E-state index is 5.72. The van der Waals surface area contributed by atoms with Crippen molar-refractivity contribution in [2.24, 2.45) is 5.92 Å². The van der Waals surface area contributed by atoms with Crippen molar-refractivity contribution in [3.8, 4) is 0 Å². The van der Waals surface area contributed by atoms with Crippen LogP contribution in [-0.4, -0.2) is 6.54 Å². The molecule has 0 amide bonds. The van der Waals surface area contributed by atoms with Crippen LogP contribution in [0.15, 0.2) is 24.3 Å². The van der Waals surface area contributed by atoms with Crippen LogP contribution in [0.2, 0.25) is 0 Å². The summed E-state index contributed by atoms with van der Waals surface area (Å²) < 4.78 is 0. The second-order valence-corrected chi connectivity index (χ2v) is 4.29. The van der Waals surface area contributed by atoms with Crippen molar-refractivity contribution in [2.45, 2.75) is 25.3 Å². The highest BCUT2D eigenvalue weighted by Crippen LogP contribution is 2.27. The van der Waals surface area contributed by atoms with E-state index < -0.39 is 0 Å². The van der Waals surface area contributed by atoms with Crippen LogP contribution in [0.4, 0.5) is 0 Å². The summed E-state index contributed by atoms with van der Waals surface area (Å²) in [7, 11) is 0. The SMILES string of the molecule is ClCc1ccc(CNCC2CC2)cc1. The van der Waals surface area contributed by atoms with Gasteiger partial charge in [0.25, 0.3) is 0 Å². The third-order valence-corrected chi connectivity index (χ3v) is 2.94. The Morgan fingerprint density at radius 3 is 2.36 bits per heavy atom. The van der Waals surface area contributed by atoms with E-state index in [4.69, 9.17) is 11.6 Å². The molecule has 1 nitrogen and oxygen atoms in total. The second kappa shape index (κ2) is 4.81. The lowest BCUT2D eigenvalue weighted by atomic mass is 10.1. The smallest absolute Gasteiger partial charge is 0.0474 e. The van der Waals surface area contributed by atoms with Gasteiger partial charge in [-0.25, -0.2) is 0 Å². The van der Waals surface area contributed by atoms with E-state index in [2.05, 4.69) is 29.6 Å².